The van der Waals surface area contributed by atoms with Crippen molar-refractivity contribution < 1.29 is 0 Å². The minimum atomic E-state index is 0.386. The van der Waals surface area contributed by atoms with Crippen LogP contribution < -0.4 is 0 Å². The zero-order chi connectivity index (χ0) is 10.2. The topological polar surface area (TPSA) is 12.9 Å². The molecule has 0 bridgehead atoms. The summed E-state index contributed by atoms with van der Waals surface area (Å²) in [5.41, 5.74) is 3.07. The zero-order valence-electron chi connectivity index (χ0n) is 8.88. The van der Waals surface area contributed by atoms with E-state index in [1.54, 1.807) is 0 Å². The lowest BCUT2D eigenvalue weighted by molar-refractivity contribution is 0.269. The highest BCUT2D eigenvalue weighted by Crippen LogP contribution is 2.44. The van der Waals surface area contributed by atoms with Crippen LogP contribution in [0, 0.1) is 0 Å². The number of thiol groups is 1. The fourth-order valence-electron chi connectivity index (χ4n) is 2.26. The first kappa shape index (κ1) is 10.0. The van der Waals surface area contributed by atoms with Gasteiger partial charge in [-0.25, -0.2) is 0 Å². The fourth-order valence-corrected chi connectivity index (χ4v) is 2.45. The first-order chi connectivity index (χ1) is 6.65. The van der Waals surface area contributed by atoms with Crippen LogP contribution >= 0.6 is 12.6 Å². The molecule has 0 aromatic carbocycles. The van der Waals surface area contributed by atoms with Crippen molar-refractivity contribution in [3.8, 4) is 0 Å². The number of hydrogen-bond donors (Lipinski definition) is 1. The molecule has 0 N–H and O–H groups in total. The zero-order valence-corrected chi connectivity index (χ0v) is 9.77. The van der Waals surface area contributed by atoms with E-state index in [9.17, 15) is 0 Å². The van der Waals surface area contributed by atoms with Crippen LogP contribution in [-0.2, 0) is 11.8 Å². The maximum absolute atomic E-state index is 4.47. The summed E-state index contributed by atoms with van der Waals surface area (Å²) in [4.78, 5) is 5.46. The molecule has 0 atom stereocenters. The Hall–Kier alpha value is -0.500. The molecule has 1 aliphatic rings. The molecule has 2 heteroatoms. The third-order valence-electron chi connectivity index (χ3n) is 3.40. The molecule has 1 aromatic rings. The van der Waals surface area contributed by atoms with Gasteiger partial charge in [-0.3, -0.25) is 4.98 Å². The van der Waals surface area contributed by atoms with E-state index in [2.05, 4.69) is 37.5 Å². The Morgan fingerprint density at radius 1 is 1.50 bits per heavy atom. The van der Waals surface area contributed by atoms with Crippen molar-refractivity contribution in [2.45, 2.75) is 49.8 Å². The van der Waals surface area contributed by atoms with E-state index in [-0.39, 0.29) is 0 Å². The molecule has 1 aromatic heterocycles. The van der Waals surface area contributed by atoms with Crippen LogP contribution in [0.1, 0.15) is 44.4 Å². The van der Waals surface area contributed by atoms with Gasteiger partial charge in [-0.05, 0) is 36.3 Å². The van der Waals surface area contributed by atoms with Crippen molar-refractivity contribution >= 4 is 12.6 Å². The molecule has 1 nitrogen and oxygen atoms in total. The van der Waals surface area contributed by atoms with Crippen molar-refractivity contribution in [2.75, 3.05) is 0 Å². The molecule has 1 heterocycles. The van der Waals surface area contributed by atoms with Gasteiger partial charge in [0.2, 0.25) is 0 Å². The van der Waals surface area contributed by atoms with E-state index >= 15 is 0 Å². The molecule has 0 radical (unpaired) electrons. The Labute approximate surface area is 91.4 Å². The third kappa shape index (κ3) is 1.56. The Bertz CT molecular complexity index is 342. The molecule has 0 amide bonds. The first-order valence-electron chi connectivity index (χ1n) is 5.34. The summed E-state index contributed by atoms with van der Waals surface area (Å²) in [5.74, 6) is 0. The fraction of sp³-hybridized carbons (Fsp3) is 0.583. The molecular weight excluding hydrogens is 190 g/mol. The largest absolute Gasteiger partial charge is 0.260 e. The molecule has 0 spiro atoms. The van der Waals surface area contributed by atoms with E-state index in [4.69, 9.17) is 0 Å². The highest BCUT2D eigenvalue weighted by atomic mass is 32.1. The Balaban J connectivity index is 2.43. The number of nitrogens with zero attached hydrogens (tertiary/aromatic N) is 1. The third-order valence-corrected chi connectivity index (χ3v) is 3.64. The number of rotatable bonds is 2. The summed E-state index contributed by atoms with van der Waals surface area (Å²) < 4.78 is 0. The van der Waals surface area contributed by atoms with Crippen molar-refractivity contribution in [3.63, 3.8) is 0 Å². The Morgan fingerprint density at radius 3 is 2.71 bits per heavy atom. The molecule has 76 valence electrons. The molecule has 2 rings (SSSR count). The summed E-state index contributed by atoms with van der Waals surface area (Å²) in [6.07, 6.45) is 6.85. The maximum atomic E-state index is 4.47. The molecule has 0 unspecified atom stereocenters. The van der Waals surface area contributed by atoms with Gasteiger partial charge in [0.15, 0.2) is 0 Å². The van der Waals surface area contributed by atoms with Gasteiger partial charge in [0.1, 0.15) is 0 Å². The quantitative estimate of drug-likeness (QED) is 0.734. The van der Waals surface area contributed by atoms with Crippen LogP contribution in [0.25, 0.3) is 0 Å². The van der Waals surface area contributed by atoms with Gasteiger partial charge < -0.3 is 0 Å². The van der Waals surface area contributed by atoms with E-state index in [0.29, 0.717) is 5.41 Å². The average molecular weight is 207 g/mol. The van der Waals surface area contributed by atoms with Crippen LogP contribution in [0.4, 0.5) is 0 Å². The van der Waals surface area contributed by atoms with Gasteiger partial charge in [-0.2, -0.15) is 0 Å². The van der Waals surface area contributed by atoms with Crippen molar-refractivity contribution in [1.29, 1.82) is 0 Å². The number of pyridine rings is 1. The molecule has 0 saturated heterocycles. The smallest absolute Gasteiger partial charge is 0.0439 e. The summed E-state index contributed by atoms with van der Waals surface area (Å²) in [6, 6.07) is 2.20. The van der Waals surface area contributed by atoms with Gasteiger partial charge in [0.25, 0.3) is 0 Å². The van der Waals surface area contributed by atoms with Gasteiger partial charge in [0, 0.05) is 16.8 Å². The van der Waals surface area contributed by atoms with Gasteiger partial charge >= 0.3 is 0 Å². The number of aromatic nitrogens is 1. The average Bonchev–Trinajstić information content (AvgIpc) is 2.14. The molecule has 1 saturated carbocycles. The van der Waals surface area contributed by atoms with Gasteiger partial charge in [-0.1, -0.05) is 20.3 Å². The predicted octanol–water partition coefficient (Wildman–Crippen LogP) is 3.37. The van der Waals surface area contributed by atoms with Crippen LogP contribution in [0.5, 0.6) is 0 Å². The lowest BCUT2D eigenvalue weighted by Gasteiger charge is -2.40. The minimum Gasteiger partial charge on any atom is -0.260 e. The second kappa shape index (κ2) is 3.58. The second-order valence-corrected chi connectivity index (χ2v) is 4.97. The molecule has 1 aliphatic carbocycles. The van der Waals surface area contributed by atoms with E-state index in [1.807, 2.05) is 6.20 Å². The number of aryl methyl sites for hydroxylation is 1. The first-order valence-corrected chi connectivity index (χ1v) is 5.79. The lowest BCUT2D eigenvalue weighted by atomic mass is 9.65. The van der Waals surface area contributed by atoms with E-state index < -0.39 is 0 Å². The van der Waals surface area contributed by atoms with Crippen LogP contribution in [0.15, 0.2) is 17.2 Å². The maximum Gasteiger partial charge on any atom is 0.0439 e. The van der Waals surface area contributed by atoms with Gasteiger partial charge in [-0.15, -0.1) is 12.6 Å². The highest BCUT2D eigenvalue weighted by Gasteiger charge is 2.35. The Morgan fingerprint density at radius 2 is 2.21 bits per heavy atom. The van der Waals surface area contributed by atoms with Crippen molar-refractivity contribution in [3.05, 3.63) is 23.5 Å². The highest BCUT2D eigenvalue weighted by molar-refractivity contribution is 7.80. The monoisotopic (exact) mass is 207 g/mol. The van der Waals surface area contributed by atoms with E-state index in [0.717, 1.165) is 11.3 Å². The summed E-state index contributed by atoms with van der Waals surface area (Å²) in [5, 5.41) is 0. The summed E-state index contributed by atoms with van der Waals surface area (Å²) in [6.45, 7) is 4.52. The summed E-state index contributed by atoms with van der Waals surface area (Å²) in [7, 11) is 0. The molecule has 14 heavy (non-hydrogen) atoms. The normalized spacial score (nSPS) is 19.1. The minimum absolute atomic E-state index is 0.386. The molecule has 1 fully saturated rings. The van der Waals surface area contributed by atoms with Gasteiger partial charge in [0.05, 0.1) is 0 Å². The lowest BCUT2D eigenvalue weighted by Crippen LogP contribution is -2.31. The van der Waals surface area contributed by atoms with Crippen LogP contribution in [0.2, 0.25) is 0 Å². The number of hydrogen-bond acceptors (Lipinski definition) is 2. The summed E-state index contributed by atoms with van der Waals surface area (Å²) >= 11 is 4.37. The van der Waals surface area contributed by atoms with Crippen LogP contribution in [0.3, 0.4) is 0 Å². The predicted molar refractivity (Wildman–Crippen MR) is 62.1 cm³/mol. The molecular formula is C12H17NS. The SMILES string of the molecule is CCc1ncc(S)cc1C1(C)CCC1. The van der Waals surface area contributed by atoms with Crippen molar-refractivity contribution in [2.24, 2.45) is 0 Å². The molecule has 0 aliphatic heterocycles. The Kier molecular flexibility index (Phi) is 2.56. The second-order valence-electron chi connectivity index (χ2n) is 4.46. The van der Waals surface area contributed by atoms with E-state index in [1.165, 1.54) is 30.5 Å². The standard InChI is InChI=1S/C12H17NS/c1-3-11-10(7-9(14)8-13-11)12(2)5-4-6-12/h7-8,14H,3-6H2,1-2H3. The van der Waals surface area contributed by atoms with Crippen LogP contribution in [-0.4, -0.2) is 4.98 Å². The van der Waals surface area contributed by atoms with Crippen molar-refractivity contribution in [1.82, 2.24) is 4.98 Å².